The highest BCUT2D eigenvalue weighted by molar-refractivity contribution is 7.89. The van der Waals surface area contributed by atoms with Gasteiger partial charge in [0.1, 0.15) is 12.0 Å². The second kappa shape index (κ2) is 12.0. The molecule has 3 rings (SSSR count). The van der Waals surface area contributed by atoms with E-state index in [9.17, 15) is 17.9 Å². The summed E-state index contributed by atoms with van der Waals surface area (Å²) in [5.74, 6) is -0.259. The van der Waals surface area contributed by atoms with Gasteiger partial charge in [-0.25, -0.2) is 12.8 Å². The highest BCUT2D eigenvalue weighted by Gasteiger charge is 2.23. The second-order valence-electron chi connectivity index (χ2n) is 10.3. The summed E-state index contributed by atoms with van der Waals surface area (Å²) in [4.78, 5) is 2.10. The van der Waals surface area contributed by atoms with E-state index in [0.29, 0.717) is 6.54 Å². The molecule has 0 aliphatic heterocycles. The average molecular weight is 547 g/mol. The zero-order valence-corrected chi connectivity index (χ0v) is 23.8. The highest BCUT2D eigenvalue weighted by Crippen LogP contribution is 2.35. The molecule has 1 atom stereocenters. The number of rotatable bonds is 10. The fraction of sp³-hybridized carbons (Fsp3) is 0.379. The zero-order chi connectivity index (χ0) is 27.5. The lowest BCUT2D eigenvalue weighted by Gasteiger charge is -2.24. The number of aliphatic hydroxyl groups is 1. The summed E-state index contributed by atoms with van der Waals surface area (Å²) >= 11 is 6.04. The van der Waals surface area contributed by atoms with E-state index in [1.54, 1.807) is 36.4 Å². The van der Waals surface area contributed by atoms with Crippen LogP contribution in [0, 0.1) is 5.82 Å². The number of hydrogen-bond donors (Lipinski definition) is 2. The summed E-state index contributed by atoms with van der Waals surface area (Å²) < 4.78 is 42.1. The molecule has 2 N–H and O–H groups in total. The molecule has 3 aromatic carbocycles. The molecular formula is C29H36ClFN2O3S. The summed E-state index contributed by atoms with van der Waals surface area (Å²) in [6, 6.07) is 15.3. The Kier molecular flexibility index (Phi) is 9.53. The molecule has 0 spiro atoms. The Labute approximate surface area is 225 Å². The molecule has 200 valence electrons. The molecule has 0 aliphatic carbocycles. The van der Waals surface area contributed by atoms with Gasteiger partial charge < -0.3 is 10.0 Å². The first-order valence-electron chi connectivity index (χ1n) is 12.3. The van der Waals surface area contributed by atoms with E-state index >= 15 is 0 Å². The normalized spacial score (nSPS) is 13.1. The summed E-state index contributed by atoms with van der Waals surface area (Å²) in [6.45, 7) is 8.91. The predicted molar refractivity (Wildman–Crippen MR) is 149 cm³/mol. The van der Waals surface area contributed by atoms with Crippen LogP contribution in [0.4, 0.5) is 4.39 Å². The number of nitrogens with zero attached hydrogens (tertiary/aromatic N) is 1. The molecule has 0 radical (unpaired) electrons. The molecule has 8 heteroatoms. The van der Waals surface area contributed by atoms with Crippen molar-refractivity contribution in [3.63, 3.8) is 0 Å². The lowest BCUT2D eigenvalue weighted by atomic mass is 9.84. The fourth-order valence-corrected chi connectivity index (χ4v) is 5.70. The van der Waals surface area contributed by atoms with Gasteiger partial charge in [-0.2, -0.15) is 4.72 Å². The molecule has 0 fully saturated rings. The van der Waals surface area contributed by atoms with E-state index in [2.05, 4.69) is 32.4 Å². The molecule has 37 heavy (non-hydrogen) atoms. The molecule has 1 unspecified atom stereocenters. The number of aliphatic hydroxyl groups excluding tert-OH is 1. The average Bonchev–Trinajstić information content (AvgIpc) is 2.80. The topological polar surface area (TPSA) is 69.6 Å². The number of halogens is 2. The minimum Gasteiger partial charge on any atom is -0.377 e. The van der Waals surface area contributed by atoms with Crippen molar-refractivity contribution in [2.75, 3.05) is 14.1 Å². The molecule has 5 nitrogen and oxygen atoms in total. The molecule has 0 saturated carbocycles. The monoisotopic (exact) mass is 546 g/mol. The summed E-state index contributed by atoms with van der Waals surface area (Å²) in [5, 5.41) is 10.9. The third-order valence-corrected chi connectivity index (χ3v) is 8.00. The van der Waals surface area contributed by atoms with Crippen LogP contribution in [-0.4, -0.2) is 38.7 Å². The third kappa shape index (κ3) is 7.39. The van der Waals surface area contributed by atoms with E-state index in [-0.39, 0.29) is 28.2 Å². The Morgan fingerprint density at radius 2 is 1.49 bits per heavy atom. The van der Waals surface area contributed by atoms with Gasteiger partial charge in [-0.05, 0) is 83.6 Å². The number of benzene rings is 3. The van der Waals surface area contributed by atoms with Gasteiger partial charge in [-0.3, -0.25) is 0 Å². The molecule has 0 amide bonds. The molecule has 0 aromatic heterocycles. The fourth-order valence-electron chi connectivity index (χ4n) is 4.45. The third-order valence-electron chi connectivity index (χ3n) is 6.24. The Hall–Kier alpha value is -2.29. The smallest absolute Gasteiger partial charge is 0.242 e. The van der Waals surface area contributed by atoms with Crippen molar-refractivity contribution in [2.24, 2.45) is 0 Å². The van der Waals surface area contributed by atoms with Gasteiger partial charge in [0, 0.05) is 13.0 Å². The Balaban J connectivity index is 1.92. The molecule has 0 heterocycles. The van der Waals surface area contributed by atoms with Crippen LogP contribution >= 0.6 is 11.6 Å². The predicted octanol–water partition coefficient (Wildman–Crippen LogP) is 6.29. The molecule has 0 aliphatic rings. The first kappa shape index (κ1) is 29.3. The van der Waals surface area contributed by atoms with E-state index in [1.807, 2.05) is 31.1 Å². The van der Waals surface area contributed by atoms with Gasteiger partial charge >= 0.3 is 0 Å². The molecular weight excluding hydrogens is 511 g/mol. The maximum atomic E-state index is 13.7. The zero-order valence-electron chi connectivity index (χ0n) is 22.2. The Morgan fingerprint density at radius 1 is 0.919 bits per heavy atom. The van der Waals surface area contributed by atoms with Crippen LogP contribution in [0.25, 0.3) is 11.1 Å². The molecule has 3 aromatic rings. The minimum absolute atomic E-state index is 0.0540. The van der Waals surface area contributed by atoms with Gasteiger partial charge in [0.2, 0.25) is 10.0 Å². The lowest BCUT2D eigenvalue weighted by Crippen LogP contribution is -2.36. The number of sulfonamides is 1. The van der Waals surface area contributed by atoms with Gasteiger partial charge in [-0.15, -0.1) is 0 Å². The summed E-state index contributed by atoms with van der Waals surface area (Å²) in [7, 11) is -0.0245. The van der Waals surface area contributed by atoms with Crippen molar-refractivity contribution in [3.8, 4) is 11.1 Å². The van der Waals surface area contributed by atoms with Crippen molar-refractivity contribution in [3.05, 3.63) is 87.7 Å². The Bertz CT molecular complexity index is 1310. The summed E-state index contributed by atoms with van der Waals surface area (Å²) in [5.41, 5.74) is 5.57. The minimum atomic E-state index is -3.91. The second-order valence-corrected chi connectivity index (χ2v) is 12.4. The molecule has 0 saturated heterocycles. The first-order valence-corrected chi connectivity index (χ1v) is 14.2. The van der Waals surface area contributed by atoms with E-state index in [4.69, 9.17) is 11.6 Å². The standard InChI is InChI=1S/C29H36ClFN2O3S/c1-18(2)24-13-22(21-9-12-28(31)27(30)15-21)14-25(19(3)4)26(24)16-29(34)32-37(35,36)23-10-7-20(8-11-23)17-33(5)6/h7-15,18-19,29,32,34H,16-17H2,1-6H3. The highest BCUT2D eigenvalue weighted by atomic mass is 35.5. The van der Waals surface area contributed by atoms with Gasteiger partial charge in [0.25, 0.3) is 0 Å². The van der Waals surface area contributed by atoms with Crippen LogP contribution in [0.2, 0.25) is 5.02 Å². The van der Waals surface area contributed by atoms with E-state index in [0.717, 1.165) is 33.4 Å². The van der Waals surface area contributed by atoms with Crippen molar-refractivity contribution in [2.45, 2.75) is 63.6 Å². The van der Waals surface area contributed by atoms with Crippen molar-refractivity contribution in [1.29, 1.82) is 0 Å². The lowest BCUT2D eigenvalue weighted by molar-refractivity contribution is 0.163. The van der Waals surface area contributed by atoms with Crippen LogP contribution in [-0.2, 0) is 23.0 Å². The van der Waals surface area contributed by atoms with Gasteiger partial charge in [0.05, 0.1) is 9.92 Å². The molecule has 0 bridgehead atoms. The maximum Gasteiger partial charge on any atom is 0.242 e. The first-order chi connectivity index (χ1) is 17.3. The van der Waals surface area contributed by atoms with Crippen molar-refractivity contribution >= 4 is 21.6 Å². The van der Waals surface area contributed by atoms with Crippen LogP contribution in [0.3, 0.4) is 0 Å². The SMILES string of the molecule is CC(C)c1cc(-c2ccc(F)c(Cl)c2)cc(C(C)C)c1CC(O)NS(=O)(=O)c1ccc(CN(C)C)cc1. The maximum absolute atomic E-state index is 13.7. The van der Waals surface area contributed by atoms with Gasteiger partial charge in [0.15, 0.2) is 0 Å². The van der Waals surface area contributed by atoms with E-state index in [1.165, 1.54) is 6.07 Å². The van der Waals surface area contributed by atoms with Crippen LogP contribution in [0.5, 0.6) is 0 Å². The van der Waals surface area contributed by atoms with E-state index < -0.39 is 22.1 Å². The van der Waals surface area contributed by atoms with Crippen LogP contribution < -0.4 is 4.72 Å². The quantitative estimate of drug-likeness (QED) is 0.293. The van der Waals surface area contributed by atoms with Crippen LogP contribution in [0.1, 0.15) is 61.8 Å². The van der Waals surface area contributed by atoms with Crippen molar-refractivity contribution < 1.29 is 17.9 Å². The summed E-state index contributed by atoms with van der Waals surface area (Å²) in [6.07, 6.45) is -1.20. The number of nitrogens with one attached hydrogen (secondary N) is 1. The van der Waals surface area contributed by atoms with Gasteiger partial charge in [-0.1, -0.05) is 69.6 Å². The van der Waals surface area contributed by atoms with Crippen molar-refractivity contribution in [1.82, 2.24) is 9.62 Å². The Morgan fingerprint density at radius 3 is 1.97 bits per heavy atom. The largest absolute Gasteiger partial charge is 0.377 e. The van der Waals surface area contributed by atoms with Crippen LogP contribution in [0.15, 0.2) is 59.5 Å². The number of hydrogen-bond acceptors (Lipinski definition) is 4.